The van der Waals surface area contributed by atoms with Crippen molar-refractivity contribution in [2.24, 2.45) is 0 Å². The van der Waals surface area contributed by atoms with Gasteiger partial charge in [-0.3, -0.25) is 15.0 Å². The van der Waals surface area contributed by atoms with Gasteiger partial charge in [0.05, 0.1) is 11.0 Å². The average Bonchev–Trinajstić information content (AvgIpc) is 3.20. The molecule has 1 unspecified atom stereocenters. The lowest BCUT2D eigenvalue weighted by Gasteiger charge is -2.33. The first-order chi connectivity index (χ1) is 13.6. The highest BCUT2D eigenvalue weighted by molar-refractivity contribution is 6.31. The summed E-state index contributed by atoms with van der Waals surface area (Å²) in [6.07, 6.45) is 4.86. The molecule has 2 aliphatic heterocycles. The number of nitrogens with zero attached hydrogens (tertiary/aromatic N) is 4. The number of aromatic nitrogens is 2. The standard InChI is InChI=1S/C19H23ClN4O4/c20-16-5-4-15(24(25)26)11-14(16)12-23-8-2-1-3-17(23)19-22-21-18(28-19)13-6-9-27-10-7-13/h4-5,11,13,17H,1-3,6-10,12H2. The van der Waals surface area contributed by atoms with Gasteiger partial charge in [0.25, 0.3) is 5.69 Å². The van der Waals surface area contributed by atoms with Gasteiger partial charge < -0.3 is 9.15 Å². The topological polar surface area (TPSA) is 94.5 Å². The number of benzene rings is 1. The van der Waals surface area contributed by atoms with Gasteiger partial charge in [-0.2, -0.15) is 0 Å². The van der Waals surface area contributed by atoms with Crippen LogP contribution in [-0.2, 0) is 11.3 Å². The van der Waals surface area contributed by atoms with E-state index in [-0.39, 0.29) is 17.6 Å². The van der Waals surface area contributed by atoms with E-state index in [2.05, 4.69) is 15.1 Å². The molecule has 3 heterocycles. The molecule has 0 amide bonds. The van der Waals surface area contributed by atoms with Crippen LogP contribution in [0.2, 0.25) is 5.02 Å². The molecule has 2 aromatic rings. The fourth-order valence-electron chi connectivity index (χ4n) is 3.97. The molecule has 1 atom stereocenters. The van der Waals surface area contributed by atoms with E-state index in [0.29, 0.717) is 23.3 Å². The number of halogens is 1. The summed E-state index contributed by atoms with van der Waals surface area (Å²) in [6.45, 7) is 2.82. The summed E-state index contributed by atoms with van der Waals surface area (Å²) in [5.74, 6) is 1.58. The molecule has 4 rings (SSSR count). The van der Waals surface area contributed by atoms with E-state index in [1.807, 2.05) is 0 Å². The molecule has 150 valence electrons. The van der Waals surface area contributed by atoms with Gasteiger partial charge in [0.2, 0.25) is 11.8 Å². The van der Waals surface area contributed by atoms with Gasteiger partial charge in [0.1, 0.15) is 0 Å². The lowest BCUT2D eigenvalue weighted by molar-refractivity contribution is -0.384. The van der Waals surface area contributed by atoms with Crippen molar-refractivity contribution in [3.63, 3.8) is 0 Å². The molecule has 0 saturated carbocycles. The minimum absolute atomic E-state index is 0.00479. The van der Waals surface area contributed by atoms with E-state index in [9.17, 15) is 10.1 Å². The number of rotatable bonds is 5. The number of piperidine rings is 1. The van der Waals surface area contributed by atoms with Crippen molar-refractivity contribution < 1.29 is 14.1 Å². The summed E-state index contributed by atoms with van der Waals surface area (Å²) in [7, 11) is 0. The second-order valence-corrected chi connectivity index (χ2v) is 7.79. The maximum Gasteiger partial charge on any atom is 0.269 e. The van der Waals surface area contributed by atoms with E-state index < -0.39 is 4.92 Å². The van der Waals surface area contributed by atoms with Crippen molar-refractivity contribution in [3.8, 4) is 0 Å². The van der Waals surface area contributed by atoms with Gasteiger partial charge >= 0.3 is 0 Å². The molecule has 1 aromatic heterocycles. The fourth-order valence-corrected chi connectivity index (χ4v) is 4.14. The minimum atomic E-state index is -0.397. The minimum Gasteiger partial charge on any atom is -0.423 e. The molecule has 0 aliphatic carbocycles. The molecule has 0 spiro atoms. The van der Waals surface area contributed by atoms with E-state index in [1.165, 1.54) is 6.07 Å². The average molecular weight is 407 g/mol. The number of hydrogen-bond donors (Lipinski definition) is 0. The van der Waals surface area contributed by atoms with Gasteiger partial charge in [0.15, 0.2) is 0 Å². The number of hydrogen-bond acceptors (Lipinski definition) is 7. The monoisotopic (exact) mass is 406 g/mol. The lowest BCUT2D eigenvalue weighted by Crippen LogP contribution is -2.33. The van der Waals surface area contributed by atoms with E-state index in [4.69, 9.17) is 20.8 Å². The number of likely N-dealkylation sites (tertiary alicyclic amines) is 1. The van der Waals surface area contributed by atoms with Crippen molar-refractivity contribution in [1.29, 1.82) is 0 Å². The molecule has 2 saturated heterocycles. The number of nitro benzene ring substituents is 1. The molecule has 0 N–H and O–H groups in total. The molecule has 0 radical (unpaired) electrons. The largest absolute Gasteiger partial charge is 0.423 e. The van der Waals surface area contributed by atoms with E-state index >= 15 is 0 Å². The smallest absolute Gasteiger partial charge is 0.269 e. The third-order valence-electron chi connectivity index (χ3n) is 5.54. The Morgan fingerprint density at radius 2 is 1.96 bits per heavy atom. The van der Waals surface area contributed by atoms with Crippen LogP contribution in [0, 0.1) is 10.1 Å². The predicted molar refractivity (Wildman–Crippen MR) is 102 cm³/mol. The molecular formula is C19H23ClN4O4. The number of ether oxygens (including phenoxy) is 1. The quantitative estimate of drug-likeness (QED) is 0.541. The SMILES string of the molecule is O=[N+]([O-])c1ccc(Cl)c(CN2CCCCC2c2nnc(C3CCOCC3)o2)c1. The number of nitro groups is 1. The van der Waals surface area contributed by atoms with Crippen LogP contribution in [0.15, 0.2) is 22.6 Å². The van der Waals surface area contributed by atoms with Crippen LogP contribution in [-0.4, -0.2) is 39.8 Å². The van der Waals surface area contributed by atoms with Crippen LogP contribution in [0.4, 0.5) is 5.69 Å². The second kappa shape index (κ2) is 8.55. The fraction of sp³-hybridized carbons (Fsp3) is 0.579. The van der Waals surface area contributed by atoms with Gasteiger partial charge in [-0.15, -0.1) is 10.2 Å². The Balaban J connectivity index is 1.53. The van der Waals surface area contributed by atoms with Crippen LogP contribution < -0.4 is 0 Å². The Morgan fingerprint density at radius 1 is 1.18 bits per heavy atom. The normalized spacial score (nSPS) is 21.7. The van der Waals surface area contributed by atoms with Gasteiger partial charge in [-0.25, -0.2) is 0 Å². The van der Waals surface area contributed by atoms with Gasteiger partial charge in [-0.1, -0.05) is 18.0 Å². The van der Waals surface area contributed by atoms with Crippen LogP contribution in [0.3, 0.4) is 0 Å². The van der Waals surface area contributed by atoms with Crippen LogP contribution in [0.25, 0.3) is 0 Å². The second-order valence-electron chi connectivity index (χ2n) is 7.38. The highest BCUT2D eigenvalue weighted by Gasteiger charge is 2.31. The number of non-ortho nitro benzene ring substituents is 1. The zero-order valence-corrected chi connectivity index (χ0v) is 16.3. The summed E-state index contributed by atoms with van der Waals surface area (Å²) in [5.41, 5.74) is 0.791. The van der Waals surface area contributed by atoms with Crippen molar-refractivity contribution in [1.82, 2.24) is 15.1 Å². The molecule has 9 heteroatoms. The van der Waals surface area contributed by atoms with Gasteiger partial charge in [-0.05, 0) is 43.9 Å². The Hall–Kier alpha value is -2.03. The summed E-state index contributed by atoms with van der Waals surface area (Å²) >= 11 is 6.31. The Bertz CT molecular complexity index is 837. The first kappa shape index (κ1) is 19.3. The lowest BCUT2D eigenvalue weighted by atomic mass is 10.00. The summed E-state index contributed by atoms with van der Waals surface area (Å²) < 4.78 is 11.5. The first-order valence-corrected chi connectivity index (χ1v) is 10.1. The molecule has 2 aliphatic rings. The zero-order valence-electron chi connectivity index (χ0n) is 15.6. The van der Waals surface area contributed by atoms with Crippen molar-refractivity contribution >= 4 is 17.3 Å². The molecule has 2 fully saturated rings. The molecule has 0 bridgehead atoms. The highest BCUT2D eigenvalue weighted by Crippen LogP contribution is 2.35. The van der Waals surface area contributed by atoms with Crippen LogP contribution in [0.1, 0.15) is 61.4 Å². The Morgan fingerprint density at radius 3 is 2.75 bits per heavy atom. The Labute approximate surface area is 168 Å². The van der Waals surface area contributed by atoms with E-state index in [1.54, 1.807) is 12.1 Å². The van der Waals surface area contributed by atoms with E-state index in [0.717, 1.165) is 57.4 Å². The highest BCUT2D eigenvalue weighted by atomic mass is 35.5. The molecule has 8 nitrogen and oxygen atoms in total. The molecule has 1 aromatic carbocycles. The van der Waals surface area contributed by atoms with Crippen LogP contribution >= 0.6 is 11.6 Å². The Kier molecular flexibility index (Phi) is 5.89. The molecular weight excluding hydrogens is 384 g/mol. The van der Waals surface area contributed by atoms with Crippen LogP contribution in [0.5, 0.6) is 0 Å². The summed E-state index contributed by atoms with van der Waals surface area (Å²) in [4.78, 5) is 12.9. The predicted octanol–water partition coefficient (Wildman–Crippen LogP) is 4.25. The third-order valence-corrected chi connectivity index (χ3v) is 5.91. The first-order valence-electron chi connectivity index (χ1n) is 9.69. The molecule has 28 heavy (non-hydrogen) atoms. The van der Waals surface area contributed by atoms with Crippen molar-refractivity contribution in [2.75, 3.05) is 19.8 Å². The summed E-state index contributed by atoms with van der Waals surface area (Å²) in [6, 6.07) is 4.57. The summed E-state index contributed by atoms with van der Waals surface area (Å²) in [5, 5.41) is 20.3. The van der Waals surface area contributed by atoms with Crippen molar-refractivity contribution in [3.05, 3.63) is 50.7 Å². The maximum atomic E-state index is 11.1. The maximum absolute atomic E-state index is 11.1. The third kappa shape index (κ3) is 4.19. The zero-order chi connectivity index (χ0) is 19.5. The van der Waals surface area contributed by atoms with Gasteiger partial charge in [0, 0.05) is 42.8 Å². The van der Waals surface area contributed by atoms with Crippen molar-refractivity contribution in [2.45, 2.75) is 50.6 Å².